The minimum atomic E-state index is -5.35. The van der Waals surface area contributed by atoms with Crippen LogP contribution in [0.1, 0.15) is 17.1 Å². The van der Waals surface area contributed by atoms with E-state index >= 15 is 0 Å². The van der Waals surface area contributed by atoms with Gasteiger partial charge in [0.2, 0.25) is 5.82 Å². The first kappa shape index (κ1) is 23.2. The molecule has 0 fully saturated rings. The molecule has 0 amide bonds. The molecule has 3 rings (SSSR count). The average molecular weight is 498 g/mol. The standard InChI is InChI=1S/C15H6Cl2F9N5/c1-27-11-7-9(14(21,22)23)28-12(15(24,25)26)29-10(7)30-31(11)8-5(16)2-4(3-6(8)17)13(18,19)20/h2-3,27H,1H3. The summed E-state index contributed by atoms with van der Waals surface area (Å²) in [4.78, 5) is 5.60. The predicted molar refractivity (Wildman–Crippen MR) is 91.2 cm³/mol. The number of benzene rings is 1. The Morgan fingerprint density at radius 2 is 1.39 bits per heavy atom. The van der Waals surface area contributed by atoms with Crippen LogP contribution >= 0.6 is 23.2 Å². The first-order valence-corrected chi connectivity index (χ1v) is 8.50. The summed E-state index contributed by atoms with van der Waals surface area (Å²) in [6.45, 7) is 0. The fraction of sp³-hybridized carbons (Fsp3) is 0.267. The maximum absolute atomic E-state index is 13.5. The van der Waals surface area contributed by atoms with Gasteiger partial charge >= 0.3 is 18.5 Å². The van der Waals surface area contributed by atoms with E-state index in [-0.39, 0.29) is 0 Å². The molecule has 1 N–H and O–H groups in total. The summed E-state index contributed by atoms with van der Waals surface area (Å²) < 4.78 is 119. The van der Waals surface area contributed by atoms with E-state index in [2.05, 4.69) is 20.4 Å². The van der Waals surface area contributed by atoms with Crippen LogP contribution in [0.5, 0.6) is 0 Å². The molecule has 0 saturated carbocycles. The highest BCUT2D eigenvalue weighted by atomic mass is 35.5. The molecule has 16 heteroatoms. The molecule has 0 unspecified atom stereocenters. The Morgan fingerprint density at radius 1 is 0.839 bits per heavy atom. The lowest BCUT2D eigenvalue weighted by Crippen LogP contribution is -2.17. The van der Waals surface area contributed by atoms with Crippen molar-refractivity contribution in [2.75, 3.05) is 12.4 Å². The van der Waals surface area contributed by atoms with Gasteiger partial charge < -0.3 is 5.32 Å². The van der Waals surface area contributed by atoms with E-state index in [9.17, 15) is 39.5 Å². The highest BCUT2D eigenvalue weighted by Crippen LogP contribution is 2.42. The molecule has 168 valence electrons. The third-order valence-electron chi connectivity index (χ3n) is 3.85. The third kappa shape index (κ3) is 4.18. The zero-order chi connectivity index (χ0) is 23.5. The first-order valence-electron chi connectivity index (χ1n) is 7.75. The molecule has 0 aliphatic carbocycles. The van der Waals surface area contributed by atoms with Crippen molar-refractivity contribution in [2.24, 2.45) is 0 Å². The van der Waals surface area contributed by atoms with Crippen LogP contribution in [0.3, 0.4) is 0 Å². The summed E-state index contributed by atoms with van der Waals surface area (Å²) in [5.41, 5.74) is -4.77. The number of rotatable bonds is 2. The molecule has 0 atom stereocenters. The van der Waals surface area contributed by atoms with E-state index in [1.165, 1.54) is 0 Å². The summed E-state index contributed by atoms with van der Waals surface area (Å²) in [6.07, 6.45) is -15.5. The van der Waals surface area contributed by atoms with Gasteiger partial charge in [0.1, 0.15) is 11.5 Å². The maximum Gasteiger partial charge on any atom is 0.451 e. The summed E-state index contributed by atoms with van der Waals surface area (Å²) in [5, 5.41) is 3.53. The summed E-state index contributed by atoms with van der Waals surface area (Å²) in [5.74, 6) is -2.70. The maximum atomic E-state index is 13.5. The molecule has 3 aromatic rings. The Labute approximate surface area is 175 Å². The van der Waals surface area contributed by atoms with Gasteiger partial charge in [-0.1, -0.05) is 23.2 Å². The second-order valence-corrected chi connectivity index (χ2v) is 6.70. The fourth-order valence-corrected chi connectivity index (χ4v) is 3.29. The molecular formula is C15H6Cl2F9N5. The Hall–Kier alpha value is -2.48. The number of alkyl halides is 9. The van der Waals surface area contributed by atoms with E-state index in [4.69, 9.17) is 23.2 Å². The molecule has 2 aromatic heterocycles. The number of aromatic nitrogens is 4. The van der Waals surface area contributed by atoms with Crippen LogP contribution in [-0.2, 0) is 18.5 Å². The Kier molecular flexibility index (Phi) is 5.45. The van der Waals surface area contributed by atoms with Gasteiger partial charge in [0.15, 0.2) is 11.3 Å². The Morgan fingerprint density at radius 3 is 1.81 bits per heavy atom. The van der Waals surface area contributed by atoms with Crippen molar-refractivity contribution in [3.8, 4) is 5.69 Å². The molecule has 0 saturated heterocycles. The first-order chi connectivity index (χ1) is 14.1. The molecular weight excluding hydrogens is 492 g/mol. The van der Waals surface area contributed by atoms with Gasteiger partial charge in [0, 0.05) is 7.05 Å². The molecule has 0 radical (unpaired) electrons. The average Bonchev–Trinajstić information content (AvgIpc) is 2.95. The van der Waals surface area contributed by atoms with Gasteiger partial charge in [-0.2, -0.15) is 39.5 Å². The predicted octanol–water partition coefficient (Wildman–Crippen LogP) is 6.22. The van der Waals surface area contributed by atoms with Gasteiger partial charge in [-0.15, -0.1) is 5.10 Å². The van der Waals surface area contributed by atoms with Gasteiger partial charge in [-0.3, -0.25) is 0 Å². The van der Waals surface area contributed by atoms with E-state index in [0.717, 1.165) is 7.05 Å². The lowest BCUT2D eigenvalue weighted by atomic mass is 10.2. The number of anilines is 1. The van der Waals surface area contributed by atoms with Crippen LogP contribution < -0.4 is 5.32 Å². The second kappa shape index (κ2) is 7.29. The van der Waals surface area contributed by atoms with Crippen molar-refractivity contribution < 1.29 is 39.5 Å². The fourth-order valence-electron chi connectivity index (χ4n) is 2.65. The van der Waals surface area contributed by atoms with Crippen molar-refractivity contribution in [3.05, 3.63) is 39.3 Å². The summed E-state index contributed by atoms with van der Waals surface area (Å²) in [6, 6.07) is 0.873. The lowest BCUT2D eigenvalue weighted by molar-refractivity contribution is -0.151. The van der Waals surface area contributed by atoms with Crippen LogP contribution in [0, 0.1) is 0 Å². The normalized spacial score (nSPS) is 13.2. The molecule has 5 nitrogen and oxygen atoms in total. The Bertz CT molecular complexity index is 1140. The Balaban J connectivity index is 2.41. The third-order valence-corrected chi connectivity index (χ3v) is 4.42. The monoisotopic (exact) mass is 497 g/mol. The second-order valence-electron chi connectivity index (χ2n) is 5.89. The minimum absolute atomic E-state index is 0.437. The van der Waals surface area contributed by atoms with Gasteiger partial charge in [-0.05, 0) is 12.1 Å². The molecule has 2 heterocycles. The SMILES string of the molecule is CNc1c2c(C(F)(F)F)nc(C(F)(F)F)nc2nn1-c1c(Cl)cc(C(F)(F)F)cc1Cl. The van der Waals surface area contributed by atoms with Gasteiger partial charge in [-0.25, -0.2) is 14.6 Å². The van der Waals surface area contributed by atoms with E-state index < -0.39 is 68.2 Å². The van der Waals surface area contributed by atoms with E-state index in [1.807, 2.05) is 0 Å². The van der Waals surface area contributed by atoms with Crippen LogP contribution in [0.4, 0.5) is 45.3 Å². The van der Waals surface area contributed by atoms with Crippen molar-refractivity contribution in [2.45, 2.75) is 18.5 Å². The molecule has 0 aliphatic rings. The van der Waals surface area contributed by atoms with Crippen molar-refractivity contribution in [3.63, 3.8) is 0 Å². The van der Waals surface area contributed by atoms with Gasteiger partial charge in [0.05, 0.1) is 21.0 Å². The number of hydrogen-bond acceptors (Lipinski definition) is 4. The number of halogens is 11. The van der Waals surface area contributed by atoms with Crippen LogP contribution in [-0.4, -0.2) is 26.8 Å². The highest BCUT2D eigenvalue weighted by molar-refractivity contribution is 6.38. The number of hydrogen-bond donors (Lipinski definition) is 1. The molecule has 1 aromatic carbocycles. The zero-order valence-corrected chi connectivity index (χ0v) is 16.1. The van der Waals surface area contributed by atoms with Crippen molar-refractivity contribution in [1.82, 2.24) is 19.7 Å². The minimum Gasteiger partial charge on any atom is -0.372 e. The smallest absolute Gasteiger partial charge is 0.372 e. The molecule has 0 aliphatic heterocycles. The van der Waals surface area contributed by atoms with Crippen molar-refractivity contribution >= 4 is 40.1 Å². The molecule has 0 bridgehead atoms. The van der Waals surface area contributed by atoms with E-state index in [1.54, 1.807) is 0 Å². The van der Waals surface area contributed by atoms with E-state index in [0.29, 0.717) is 16.8 Å². The van der Waals surface area contributed by atoms with Crippen LogP contribution in [0.25, 0.3) is 16.7 Å². The molecule has 0 spiro atoms. The number of fused-ring (bicyclic) bond motifs is 1. The number of nitrogens with zero attached hydrogens (tertiary/aromatic N) is 4. The quantitative estimate of drug-likeness (QED) is 0.427. The zero-order valence-electron chi connectivity index (χ0n) is 14.6. The summed E-state index contributed by atoms with van der Waals surface area (Å²) in [7, 11) is 1.09. The highest BCUT2D eigenvalue weighted by Gasteiger charge is 2.43. The summed E-state index contributed by atoms with van der Waals surface area (Å²) >= 11 is 11.7. The van der Waals surface area contributed by atoms with Crippen molar-refractivity contribution in [1.29, 1.82) is 0 Å². The van der Waals surface area contributed by atoms with Crippen LogP contribution in [0.2, 0.25) is 10.0 Å². The number of nitrogens with one attached hydrogen (secondary N) is 1. The van der Waals surface area contributed by atoms with Gasteiger partial charge in [0.25, 0.3) is 0 Å². The largest absolute Gasteiger partial charge is 0.451 e. The van der Waals surface area contributed by atoms with Crippen LogP contribution in [0.15, 0.2) is 12.1 Å². The topological polar surface area (TPSA) is 55.6 Å². The lowest BCUT2D eigenvalue weighted by Gasteiger charge is -2.14. The molecule has 31 heavy (non-hydrogen) atoms.